The van der Waals surface area contributed by atoms with Gasteiger partial charge in [0.2, 0.25) is 5.82 Å². The number of nitrogens with two attached hydrogens (primary N) is 1. The number of hydrogen-bond donors (Lipinski definition) is 2. The maximum Gasteiger partial charge on any atom is 0.316 e. The van der Waals surface area contributed by atoms with Crippen LogP contribution in [0.4, 0.5) is 11.6 Å². The molecule has 10 heteroatoms. The first-order valence-corrected chi connectivity index (χ1v) is 12.7. The molecule has 0 amide bonds. The number of nitrogens with zero attached hydrogens (tertiary/aromatic N) is 7. The Balaban J connectivity index is 0.000000183. The summed E-state index contributed by atoms with van der Waals surface area (Å²) in [5.41, 5.74) is 10.9. The van der Waals surface area contributed by atoms with Gasteiger partial charge in [-0.3, -0.25) is 0 Å². The fourth-order valence-corrected chi connectivity index (χ4v) is 2.75. The SMILES string of the molecule is CCOc1ncc(C)cn1.Cc1ccc(NC2CC2)nc1.Cc1cnc(C#N)nc1.Cc1cnc(N)c(C)c1. The van der Waals surface area contributed by atoms with Gasteiger partial charge in [0.25, 0.3) is 0 Å². The van der Waals surface area contributed by atoms with Gasteiger partial charge < -0.3 is 15.8 Å². The van der Waals surface area contributed by atoms with Crippen molar-refractivity contribution < 1.29 is 4.74 Å². The van der Waals surface area contributed by atoms with Crippen LogP contribution in [0.5, 0.6) is 6.01 Å². The number of aromatic nitrogens is 6. The number of anilines is 2. The minimum Gasteiger partial charge on any atom is -0.464 e. The molecule has 1 saturated carbocycles. The zero-order valence-corrected chi connectivity index (χ0v) is 23.5. The largest absolute Gasteiger partial charge is 0.464 e. The van der Waals surface area contributed by atoms with Gasteiger partial charge in [-0.1, -0.05) is 12.1 Å². The van der Waals surface area contributed by atoms with Crippen LogP contribution in [0, 0.1) is 45.9 Å². The highest BCUT2D eigenvalue weighted by molar-refractivity contribution is 5.39. The smallest absolute Gasteiger partial charge is 0.316 e. The Hall–Kier alpha value is -4.65. The third-order valence-corrected chi connectivity index (χ3v) is 5.01. The molecule has 0 saturated heterocycles. The van der Waals surface area contributed by atoms with Gasteiger partial charge in [0, 0.05) is 43.2 Å². The fraction of sp³-hybridized carbons (Fsp3) is 0.345. The zero-order valence-electron chi connectivity index (χ0n) is 23.5. The van der Waals surface area contributed by atoms with Crippen LogP contribution in [-0.2, 0) is 0 Å². The summed E-state index contributed by atoms with van der Waals surface area (Å²) in [6, 6.07) is 9.12. The van der Waals surface area contributed by atoms with E-state index in [2.05, 4.69) is 41.3 Å². The van der Waals surface area contributed by atoms with Gasteiger partial charge in [0.1, 0.15) is 17.7 Å². The molecular formula is C29H37N9O. The Kier molecular flexibility index (Phi) is 12.7. The lowest BCUT2D eigenvalue weighted by molar-refractivity contribution is 0.312. The van der Waals surface area contributed by atoms with Crippen molar-refractivity contribution >= 4 is 11.6 Å². The van der Waals surface area contributed by atoms with Gasteiger partial charge >= 0.3 is 6.01 Å². The third kappa shape index (κ3) is 12.9. The van der Waals surface area contributed by atoms with Crippen LogP contribution in [0.15, 0.2) is 55.4 Å². The fourth-order valence-electron chi connectivity index (χ4n) is 2.75. The van der Waals surface area contributed by atoms with E-state index in [-0.39, 0.29) is 5.82 Å². The molecule has 1 aliphatic carbocycles. The summed E-state index contributed by atoms with van der Waals surface area (Å²) in [5, 5.41) is 11.6. The molecular weight excluding hydrogens is 490 g/mol. The molecule has 1 fully saturated rings. The number of nitrogen functional groups attached to an aromatic ring is 1. The lowest BCUT2D eigenvalue weighted by Crippen LogP contribution is -2.02. The predicted molar refractivity (Wildman–Crippen MR) is 153 cm³/mol. The average molecular weight is 528 g/mol. The van der Waals surface area contributed by atoms with E-state index in [4.69, 9.17) is 15.7 Å². The Labute approximate surface area is 230 Å². The first-order chi connectivity index (χ1) is 18.7. The minimum absolute atomic E-state index is 0.223. The summed E-state index contributed by atoms with van der Waals surface area (Å²) in [6.45, 7) is 12.3. The van der Waals surface area contributed by atoms with E-state index in [0.717, 1.165) is 28.1 Å². The summed E-state index contributed by atoms with van der Waals surface area (Å²) in [7, 11) is 0. The van der Waals surface area contributed by atoms with Crippen molar-refractivity contribution in [3.63, 3.8) is 0 Å². The Morgan fingerprint density at radius 1 is 0.821 bits per heavy atom. The van der Waals surface area contributed by atoms with Crippen molar-refractivity contribution in [2.75, 3.05) is 17.7 Å². The number of hydrogen-bond acceptors (Lipinski definition) is 10. The van der Waals surface area contributed by atoms with Crippen LogP contribution < -0.4 is 15.8 Å². The molecule has 4 aromatic heterocycles. The van der Waals surface area contributed by atoms with Crippen molar-refractivity contribution in [3.05, 3.63) is 89.0 Å². The molecule has 0 unspecified atom stereocenters. The van der Waals surface area contributed by atoms with Gasteiger partial charge in [-0.25, -0.2) is 29.9 Å². The van der Waals surface area contributed by atoms with E-state index in [1.165, 1.54) is 18.4 Å². The summed E-state index contributed by atoms with van der Waals surface area (Å²) < 4.78 is 5.04. The Bertz CT molecular complexity index is 1300. The first kappa shape index (κ1) is 30.6. The summed E-state index contributed by atoms with van der Waals surface area (Å²) in [5.74, 6) is 1.86. The van der Waals surface area contributed by atoms with Crippen LogP contribution in [0.25, 0.3) is 0 Å². The van der Waals surface area contributed by atoms with Gasteiger partial charge in [-0.05, 0) is 88.3 Å². The zero-order chi connectivity index (χ0) is 28.6. The summed E-state index contributed by atoms with van der Waals surface area (Å²) in [4.78, 5) is 23.5. The highest BCUT2D eigenvalue weighted by Crippen LogP contribution is 2.23. The first-order valence-electron chi connectivity index (χ1n) is 12.7. The van der Waals surface area contributed by atoms with Crippen molar-refractivity contribution in [2.24, 2.45) is 0 Å². The molecule has 4 aromatic rings. The third-order valence-electron chi connectivity index (χ3n) is 5.01. The molecule has 39 heavy (non-hydrogen) atoms. The number of pyridine rings is 2. The highest BCUT2D eigenvalue weighted by atomic mass is 16.5. The molecule has 4 heterocycles. The molecule has 5 rings (SSSR count). The minimum atomic E-state index is 0.223. The lowest BCUT2D eigenvalue weighted by atomic mass is 10.2. The quantitative estimate of drug-likeness (QED) is 0.368. The van der Waals surface area contributed by atoms with E-state index >= 15 is 0 Å². The van der Waals surface area contributed by atoms with Crippen molar-refractivity contribution in [3.8, 4) is 12.1 Å². The van der Waals surface area contributed by atoms with E-state index in [9.17, 15) is 0 Å². The topological polar surface area (TPSA) is 148 Å². The monoisotopic (exact) mass is 527 g/mol. The molecule has 3 N–H and O–H groups in total. The van der Waals surface area contributed by atoms with Gasteiger partial charge in [0.05, 0.1) is 6.61 Å². The van der Waals surface area contributed by atoms with Crippen LogP contribution >= 0.6 is 0 Å². The lowest BCUT2D eigenvalue weighted by Gasteiger charge is -2.01. The highest BCUT2D eigenvalue weighted by Gasteiger charge is 2.20. The standard InChI is InChI=1S/C9H12N2.C7H10N2O.C7H10N2.C6H5N3/c1-7-2-5-9(10-6-7)11-8-3-4-8;1-3-10-7-8-4-6(2)5-9-7;1-5-3-6(2)7(8)9-4-5;1-5-3-8-6(2-7)9-4-5/h2,5-6,8H,3-4H2,1H3,(H,10,11);4-5H,3H2,1-2H3;3-4H,1-2H3,(H2,8,9);3-4H,1H3. The van der Waals surface area contributed by atoms with E-state index < -0.39 is 0 Å². The van der Waals surface area contributed by atoms with E-state index in [1.54, 1.807) is 31.0 Å². The van der Waals surface area contributed by atoms with Crippen LogP contribution in [-0.4, -0.2) is 42.6 Å². The number of aryl methyl sites for hydroxylation is 5. The second-order valence-corrected chi connectivity index (χ2v) is 9.03. The Morgan fingerprint density at radius 2 is 1.38 bits per heavy atom. The Morgan fingerprint density at radius 3 is 1.85 bits per heavy atom. The van der Waals surface area contributed by atoms with E-state index in [1.807, 2.05) is 65.9 Å². The normalized spacial score (nSPS) is 11.2. The molecule has 0 aliphatic heterocycles. The maximum atomic E-state index is 8.25. The molecule has 10 nitrogen and oxygen atoms in total. The predicted octanol–water partition coefficient (Wildman–Crippen LogP) is 5.09. The number of nitriles is 1. The van der Waals surface area contributed by atoms with Gasteiger partial charge in [-0.2, -0.15) is 5.26 Å². The number of ether oxygens (including phenoxy) is 1. The van der Waals surface area contributed by atoms with Gasteiger partial charge in [-0.15, -0.1) is 0 Å². The van der Waals surface area contributed by atoms with Crippen molar-refractivity contribution in [1.82, 2.24) is 29.9 Å². The van der Waals surface area contributed by atoms with E-state index in [0.29, 0.717) is 24.5 Å². The van der Waals surface area contributed by atoms with Crippen LogP contribution in [0.1, 0.15) is 53.4 Å². The molecule has 0 aromatic carbocycles. The maximum absolute atomic E-state index is 8.25. The molecule has 0 radical (unpaired) electrons. The number of nitrogens with one attached hydrogen (secondary N) is 1. The molecule has 1 aliphatic rings. The number of rotatable bonds is 4. The second kappa shape index (κ2) is 16.2. The molecule has 204 valence electrons. The van der Waals surface area contributed by atoms with Crippen LogP contribution in [0.2, 0.25) is 0 Å². The van der Waals surface area contributed by atoms with Crippen molar-refractivity contribution in [1.29, 1.82) is 5.26 Å². The van der Waals surface area contributed by atoms with Gasteiger partial charge in [0.15, 0.2) is 0 Å². The summed E-state index contributed by atoms with van der Waals surface area (Å²) >= 11 is 0. The molecule has 0 bridgehead atoms. The van der Waals surface area contributed by atoms with Crippen molar-refractivity contribution in [2.45, 2.75) is 60.4 Å². The van der Waals surface area contributed by atoms with Crippen LogP contribution in [0.3, 0.4) is 0 Å². The second-order valence-electron chi connectivity index (χ2n) is 9.03. The molecule has 0 atom stereocenters. The summed E-state index contributed by atoms with van der Waals surface area (Å²) in [6.07, 6.45) is 13.0. The molecule has 0 spiro atoms. The average Bonchev–Trinajstić information content (AvgIpc) is 3.75.